The number of rotatable bonds is 3. The van der Waals surface area contributed by atoms with Crippen molar-refractivity contribution in [2.24, 2.45) is 0 Å². The first-order valence-corrected chi connectivity index (χ1v) is 6.54. The van der Waals surface area contributed by atoms with E-state index in [-0.39, 0.29) is 5.95 Å². The van der Waals surface area contributed by atoms with Crippen LogP contribution in [-0.4, -0.2) is 11.1 Å². The lowest BCUT2D eigenvalue weighted by molar-refractivity contribution is -0.133. The predicted octanol–water partition coefficient (Wildman–Crippen LogP) is 3.93. The van der Waals surface area contributed by atoms with E-state index < -0.39 is 5.97 Å². The smallest absolute Gasteiger partial charge is 0.327 e. The average molecular weight is 279 g/mol. The molecule has 0 saturated carbocycles. The summed E-state index contributed by atoms with van der Waals surface area (Å²) in [4.78, 5) is 11.2. The van der Waals surface area contributed by atoms with Crippen LogP contribution in [0.1, 0.15) is 6.92 Å². The number of hydrogen-bond acceptors (Lipinski definition) is 4. The molecular formula is C17H13NO3. The number of aromatic nitrogens is 1. The van der Waals surface area contributed by atoms with Crippen molar-refractivity contribution in [2.45, 2.75) is 6.92 Å². The average Bonchev–Trinajstić information content (AvgIpc) is 2.92. The second kappa shape index (κ2) is 5.63. The molecule has 0 aliphatic rings. The van der Waals surface area contributed by atoms with Gasteiger partial charge < -0.3 is 9.26 Å². The highest BCUT2D eigenvalue weighted by Gasteiger charge is 2.21. The fourth-order valence-electron chi connectivity index (χ4n) is 2.13. The van der Waals surface area contributed by atoms with Crippen LogP contribution in [0.4, 0.5) is 0 Å². The van der Waals surface area contributed by atoms with Gasteiger partial charge >= 0.3 is 11.9 Å². The summed E-state index contributed by atoms with van der Waals surface area (Å²) >= 11 is 0. The maximum absolute atomic E-state index is 11.2. The van der Waals surface area contributed by atoms with Crippen molar-refractivity contribution in [1.82, 2.24) is 5.16 Å². The van der Waals surface area contributed by atoms with Gasteiger partial charge in [0.1, 0.15) is 5.69 Å². The number of benzene rings is 2. The third-order valence-electron chi connectivity index (χ3n) is 3.01. The van der Waals surface area contributed by atoms with Crippen molar-refractivity contribution in [3.8, 4) is 28.3 Å². The highest BCUT2D eigenvalue weighted by molar-refractivity contribution is 5.85. The zero-order valence-electron chi connectivity index (χ0n) is 11.4. The molecule has 3 rings (SSSR count). The molecule has 0 N–H and O–H groups in total. The molecular weight excluding hydrogens is 266 g/mol. The zero-order valence-corrected chi connectivity index (χ0v) is 11.4. The SMILES string of the molecule is CC(=O)Oc1onc(-c2ccccc2)c1-c1ccccc1. The van der Waals surface area contributed by atoms with Crippen LogP contribution in [0.3, 0.4) is 0 Å². The van der Waals surface area contributed by atoms with E-state index >= 15 is 0 Å². The Kier molecular flexibility index (Phi) is 3.51. The van der Waals surface area contributed by atoms with Crippen molar-refractivity contribution in [3.05, 3.63) is 60.7 Å². The summed E-state index contributed by atoms with van der Waals surface area (Å²) in [7, 11) is 0. The molecule has 4 heteroatoms. The molecule has 1 aromatic heterocycles. The molecule has 0 fully saturated rings. The Morgan fingerprint density at radius 2 is 1.52 bits per heavy atom. The fraction of sp³-hybridized carbons (Fsp3) is 0.0588. The highest BCUT2D eigenvalue weighted by Crippen LogP contribution is 2.38. The maximum Gasteiger partial charge on any atom is 0.327 e. The summed E-state index contributed by atoms with van der Waals surface area (Å²) in [5.41, 5.74) is 3.11. The van der Waals surface area contributed by atoms with Crippen molar-refractivity contribution < 1.29 is 14.1 Å². The van der Waals surface area contributed by atoms with E-state index in [1.54, 1.807) is 0 Å². The molecule has 0 spiro atoms. The Balaban J connectivity index is 2.18. The molecule has 0 saturated heterocycles. The summed E-state index contributed by atoms with van der Waals surface area (Å²) in [6, 6.07) is 19.2. The number of hydrogen-bond donors (Lipinski definition) is 0. The number of carbonyl (C=O) groups is 1. The zero-order chi connectivity index (χ0) is 14.7. The lowest BCUT2D eigenvalue weighted by atomic mass is 10.0. The summed E-state index contributed by atoms with van der Waals surface area (Å²) in [5.74, 6) is -0.324. The molecule has 21 heavy (non-hydrogen) atoms. The largest absolute Gasteiger partial charge is 0.391 e. The van der Waals surface area contributed by atoms with Crippen molar-refractivity contribution in [2.75, 3.05) is 0 Å². The molecule has 104 valence electrons. The van der Waals surface area contributed by atoms with Gasteiger partial charge in [0.25, 0.3) is 0 Å². The second-order valence-electron chi connectivity index (χ2n) is 4.52. The van der Waals surface area contributed by atoms with E-state index in [0.29, 0.717) is 11.3 Å². The van der Waals surface area contributed by atoms with E-state index in [1.807, 2.05) is 60.7 Å². The molecule has 0 unspecified atom stereocenters. The molecule has 3 aromatic rings. The highest BCUT2D eigenvalue weighted by atomic mass is 16.6. The van der Waals surface area contributed by atoms with Gasteiger partial charge in [0, 0.05) is 12.5 Å². The third-order valence-corrected chi connectivity index (χ3v) is 3.01. The minimum Gasteiger partial charge on any atom is -0.391 e. The van der Waals surface area contributed by atoms with Crippen LogP contribution in [-0.2, 0) is 4.79 Å². The van der Waals surface area contributed by atoms with Gasteiger partial charge in [0.2, 0.25) is 0 Å². The topological polar surface area (TPSA) is 52.3 Å². The second-order valence-corrected chi connectivity index (χ2v) is 4.52. The van der Waals surface area contributed by atoms with Crippen LogP contribution in [0.2, 0.25) is 0 Å². The first-order chi connectivity index (χ1) is 10.3. The predicted molar refractivity (Wildman–Crippen MR) is 78.7 cm³/mol. The van der Waals surface area contributed by atoms with E-state index in [9.17, 15) is 4.79 Å². The Morgan fingerprint density at radius 3 is 2.10 bits per heavy atom. The normalized spacial score (nSPS) is 10.3. The van der Waals surface area contributed by atoms with Gasteiger partial charge in [-0.25, -0.2) is 0 Å². The van der Waals surface area contributed by atoms with Gasteiger partial charge in [-0.1, -0.05) is 65.8 Å². The van der Waals surface area contributed by atoms with E-state index in [1.165, 1.54) is 6.92 Å². The first kappa shape index (κ1) is 13.1. The van der Waals surface area contributed by atoms with Crippen LogP contribution in [0.25, 0.3) is 22.4 Å². The fourth-order valence-corrected chi connectivity index (χ4v) is 2.13. The number of ether oxygens (including phenoxy) is 1. The molecule has 2 aromatic carbocycles. The number of nitrogens with zero attached hydrogens (tertiary/aromatic N) is 1. The van der Waals surface area contributed by atoms with Crippen molar-refractivity contribution >= 4 is 5.97 Å². The minimum atomic E-state index is -0.442. The van der Waals surface area contributed by atoms with Gasteiger partial charge in [-0.15, -0.1) is 0 Å². The summed E-state index contributed by atoms with van der Waals surface area (Å²) in [6.07, 6.45) is 0. The Hall–Kier alpha value is -2.88. The maximum atomic E-state index is 11.2. The first-order valence-electron chi connectivity index (χ1n) is 6.54. The molecule has 0 atom stereocenters. The monoisotopic (exact) mass is 279 g/mol. The van der Waals surface area contributed by atoms with Crippen molar-refractivity contribution in [3.63, 3.8) is 0 Å². The quantitative estimate of drug-likeness (QED) is 0.681. The standard InChI is InChI=1S/C17H13NO3/c1-12(19)20-17-15(13-8-4-2-5-9-13)16(18-21-17)14-10-6-3-7-11-14/h2-11H,1H3. The van der Waals surface area contributed by atoms with Gasteiger partial charge in [-0.2, -0.15) is 0 Å². The van der Waals surface area contributed by atoms with Crippen LogP contribution >= 0.6 is 0 Å². The molecule has 0 amide bonds. The van der Waals surface area contributed by atoms with E-state index in [0.717, 1.165) is 11.1 Å². The summed E-state index contributed by atoms with van der Waals surface area (Å²) < 4.78 is 10.4. The van der Waals surface area contributed by atoms with Crippen LogP contribution < -0.4 is 4.74 Å². The Bertz CT molecular complexity index is 748. The summed E-state index contributed by atoms with van der Waals surface area (Å²) in [5, 5.41) is 4.06. The lowest BCUT2D eigenvalue weighted by Gasteiger charge is -2.04. The van der Waals surface area contributed by atoms with Gasteiger partial charge in [-0.05, 0) is 5.56 Å². The molecule has 0 bridgehead atoms. The van der Waals surface area contributed by atoms with Crippen LogP contribution in [0.15, 0.2) is 65.2 Å². The van der Waals surface area contributed by atoms with Gasteiger partial charge in [-0.3, -0.25) is 4.79 Å². The number of carbonyl (C=O) groups excluding carboxylic acids is 1. The van der Waals surface area contributed by atoms with Gasteiger partial charge in [0.05, 0.1) is 5.56 Å². The Morgan fingerprint density at radius 1 is 0.952 bits per heavy atom. The van der Waals surface area contributed by atoms with E-state index in [4.69, 9.17) is 9.26 Å². The molecule has 4 nitrogen and oxygen atoms in total. The van der Waals surface area contributed by atoms with Gasteiger partial charge in [0.15, 0.2) is 0 Å². The Labute approximate surface area is 122 Å². The van der Waals surface area contributed by atoms with E-state index in [2.05, 4.69) is 5.16 Å². The van der Waals surface area contributed by atoms with Crippen molar-refractivity contribution in [1.29, 1.82) is 0 Å². The van der Waals surface area contributed by atoms with Crippen LogP contribution in [0, 0.1) is 0 Å². The minimum absolute atomic E-state index is 0.118. The van der Waals surface area contributed by atoms with Crippen LogP contribution in [0.5, 0.6) is 5.95 Å². The molecule has 0 aliphatic heterocycles. The summed E-state index contributed by atoms with van der Waals surface area (Å²) in [6.45, 7) is 1.33. The lowest BCUT2D eigenvalue weighted by Crippen LogP contribution is -2.01. The number of esters is 1. The molecule has 1 heterocycles. The molecule has 0 aliphatic carbocycles. The molecule has 0 radical (unpaired) electrons. The third kappa shape index (κ3) is 2.69.